The Kier molecular flexibility index (Phi) is 5.57. The lowest BCUT2D eigenvalue weighted by Crippen LogP contribution is -2.39. The quantitative estimate of drug-likeness (QED) is 0.461. The number of carbonyl (C=O) groups is 1. The third-order valence-corrected chi connectivity index (χ3v) is 2.42. The van der Waals surface area contributed by atoms with Crippen molar-refractivity contribution in [3.63, 3.8) is 0 Å². The van der Waals surface area contributed by atoms with E-state index in [-0.39, 0.29) is 19.7 Å². The SMILES string of the molecule is NC(=O)CN(Cc1cccc(N)c1)CC(O)CO. The number of aliphatic hydroxyl groups is 2. The fourth-order valence-corrected chi connectivity index (χ4v) is 1.71. The molecule has 0 aliphatic rings. The molecule has 0 aliphatic carbocycles. The topological polar surface area (TPSA) is 113 Å². The number of benzene rings is 1. The van der Waals surface area contributed by atoms with E-state index >= 15 is 0 Å². The van der Waals surface area contributed by atoms with Gasteiger partial charge in [0.25, 0.3) is 0 Å². The molecule has 6 N–H and O–H groups in total. The Balaban J connectivity index is 2.68. The van der Waals surface area contributed by atoms with E-state index < -0.39 is 12.0 Å². The highest BCUT2D eigenvalue weighted by Crippen LogP contribution is 2.09. The van der Waals surface area contributed by atoms with Gasteiger partial charge in [-0.2, -0.15) is 0 Å². The second kappa shape index (κ2) is 6.95. The number of amides is 1. The molecule has 1 unspecified atom stereocenters. The van der Waals surface area contributed by atoms with Gasteiger partial charge in [0, 0.05) is 18.8 Å². The Morgan fingerprint density at radius 1 is 1.44 bits per heavy atom. The number of primary amides is 1. The molecule has 18 heavy (non-hydrogen) atoms. The zero-order chi connectivity index (χ0) is 13.5. The summed E-state index contributed by atoms with van der Waals surface area (Å²) in [5.41, 5.74) is 12.4. The monoisotopic (exact) mass is 253 g/mol. The summed E-state index contributed by atoms with van der Waals surface area (Å²) >= 11 is 0. The minimum Gasteiger partial charge on any atom is -0.399 e. The molecular formula is C12H19N3O3. The highest BCUT2D eigenvalue weighted by Gasteiger charge is 2.13. The largest absolute Gasteiger partial charge is 0.399 e. The number of nitrogens with two attached hydrogens (primary N) is 2. The smallest absolute Gasteiger partial charge is 0.231 e. The number of anilines is 1. The number of carbonyl (C=O) groups excluding carboxylic acids is 1. The summed E-state index contributed by atoms with van der Waals surface area (Å²) in [5.74, 6) is -0.482. The van der Waals surface area contributed by atoms with Gasteiger partial charge >= 0.3 is 0 Å². The Labute approximate surface area is 106 Å². The number of rotatable bonds is 7. The first-order valence-electron chi connectivity index (χ1n) is 5.65. The molecule has 1 rings (SSSR count). The summed E-state index contributed by atoms with van der Waals surface area (Å²) < 4.78 is 0. The number of hydrogen-bond acceptors (Lipinski definition) is 5. The third kappa shape index (κ3) is 5.13. The molecule has 1 amide bonds. The van der Waals surface area contributed by atoms with Crippen LogP contribution in [0.4, 0.5) is 5.69 Å². The summed E-state index contributed by atoms with van der Waals surface area (Å²) in [4.78, 5) is 12.6. The van der Waals surface area contributed by atoms with E-state index in [2.05, 4.69) is 0 Å². The standard InChI is InChI=1S/C12H19N3O3/c13-10-3-1-2-9(4-10)5-15(7-12(14)18)6-11(17)8-16/h1-4,11,16-17H,5-8,13H2,(H2,14,18). The second-order valence-corrected chi connectivity index (χ2v) is 4.22. The molecule has 0 spiro atoms. The van der Waals surface area contributed by atoms with Gasteiger partial charge in [0.2, 0.25) is 5.91 Å². The highest BCUT2D eigenvalue weighted by atomic mass is 16.3. The van der Waals surface area contributed by atoms with Gasteiger partial charge < -0.3 is 21.7 Å². The summed E-state index contributed by atoms with van der Waals surface area (Å²) in [5, 5.41) is 18.2. The van der Waals surface area contributed by atoms with Crippen molar-refractivity contribution in [1.29, 1.82) is 0 Å². The fourth-order valence-electron chi connectivity index (χ4n) is 1.71. The summed E-state index contributed by atoms with van der Waals surface area (Å²) in [6.45, 7) is 0.275. The van der Waals surface area contributed by atoms with Crippen LogP contribution in [0.3, 0.4) is 0 Å². The van der Waals surface area contributed by atoms with Gasteiger partial charge in [0.05, 0.1) is 19.3 Å². The molecule has 0 saturated carbocycles. The molecule has 0 radical (unpaired) electrons. The van der Waals surface area contributed by atoms with Crippen LogP contribution < -0.4 is 11.5 Å². The maximum absolute atomic E-state index is 10.9. The highest BCUT2D eigenvalue weighted by molar-refractivity contribution is 5.75. The molecule has 6 heteroatoms. The molecule has 6 nitrogen and oxygen atoms in total. The lowest BCUT2D eigenvalue weighted by atomic mass is 10.2. The molecule has 0 saturated heterocycles. The average molecular weight is 253 g/mol. The first-order chi connectivity index (χ1) is 8.51. The maximum Gasteiger partial charge on any atom is 0.231 e. The zero-order valence-electron chi connectivity index (χ0n) is 10.1. The van der Waals surface area contributed by atoms with Crippen LogP contribution in [0.5, 0.6) is 0 Å². The number of hydrogen-bond donors (Lipinski definition) is 4. The number of nitrogen functional groups attached to an aromatic ring is 1. The predicted octanol–water partition coefficient (Wildman–Crippen LogP) is -1.09. The van der Waals surface area contributed by atoms with Crippen molar-refractivity contribution in [1.82, 2.24) is 4.90 Å². The van der Waals surface area contributed by atoms with Gasteiger partial charge in [-0.3, -0.25) is 9.69 Å². The molecule has 1 aromatic rings. The molecule has 100 valence electrons. The molecule has 0 aromatic heterocycles. The molecule has 1 atom stereocenters. The van der Waals surface area contributed by atoms with Crippen LogP contribution in [-0.2, 0) is 11.3 Å². The van der Waals surface area contributed by atoms with E-state index in [0.29, 0.717) is 12.2 Å². The van der Waals surface area contributed by atoms with Crippen molar-refractivity contribution >= 4 is 11.6 Å². The van der Waals surface area contributed by atoms with E-state index in [4.69, 9.17) is 16.6 Å². The van der Waals surface area contributed by atoms with Crippen LogP contribution in [0.25, 0.3) is 0 Å². The van der Waals surface area contributed by atoms with Gasteiger partial charge in [-0.05, 0) is 17.7 Å². The summed E-state index contributed by atoms with van der Waals surface area (Å²) in [6, 6.07) is 7.25. The Hall–Kier alpha value is -1.63. The van der Waals surface area contributed by atoms with Gasteiger partial charge in [-0.1, -0.05) is 12.1 Å². The van der Waals surface area contributed by atoms with E-state index in [9.17, 15) is 9.90 Å². The van der Waals surface area contributed by atoms with Gasteiger partial charge in [0.1, 0.15) is 0 Å². The van der Waals surface area contributed by atoms with E-state index in [1.807, 2.05) is 12.1 Å². The normalized spacial score (nSPS) is 12.6. The van der Waals surface area contributed by atoms with Crippen LogP contribution in [0.1, 0.15) is 5.56 Å². The Morgan fingerprint density at radius 2 is 2.17 bits per heavy atom. The van der Waals surface area contributed by atoms with Gasteiger partial charge in [-0.15, -0.1) is 0 Å². The number of nitrogens with zero attached hydrogens (tertiary/aromatic N) is 1. The van der Waals surface area contributed by atoms with E-state index in [0.717, 1.165) is 5.56 Å². The first-order valence-corrected chi connectivity index (χ1v) is 5.65. The Bertz CT molecular complexity index is 398. The first kappa shape index (κ1) is 14.4. The third-order valence-electron chi connectivity index (χ3n) is 2.42. The lowest BCUT2D eigenvalue weighted by Gasteiger charge is -2.23. The van der Waals surface area contributed by atoms with Crippen molar-refractivity contribution < 1.29 is 15.0 Å². The average Bonchev–Trinajstić information content (AvgIpc) is 2.27. The molecule has 0 aliphatic heterocycles. The van der Waals surface area contributed by atoms with E-state index in [1.54, 1.807) is 17.0 Å². The molecule has 0 heterocycles. The van der Waals surface area contributed by atoms with Crippen molar-refractivity contribution in [2.75, 3.05) is 25.4 Å². The van der Waals surface area contributed by atoms with Crippen LogP contribution in [0.2, 0.25) is 0 Å². The lowest BCUT2D eigenvalue weighted by molar-refractivity contribution is -0.119. The van der Waals surface area contributed by atoms with Gasteiger partial charge in [-0.25, -0.2) is 0 Å². The van der Waals surface area contributed by atoms with Crippen molar-refractivity contribution in [2.24, 2.45) is 5.73 Å². The van der Waals surface area contributed by atoms with Crippen LogP contribution in [0, 0.1) is 0 Å². The molecule has 0 bridgehead atoms. The Morgan fingerprint density at radius 3 is 2.72 bits per heavy atom. The molecular weight excluding hydrogens is 234 g/mol. The predicted molar refractivity (Wildman–Crippen MR) is 68.4 cm³/mol. The van der Waals surface area contributed by atoms with Crippen molar-refractivity contribution in [3.05, 3.63) is 29.8 Å². The molecule has 1 aromatic carbocycles. The summed E-state index contributed by atoms with van der Waals surface area (Å²) in [6.07, 6.45) is -0.898. The zero-order valence-corrected chi connectivity index (χ0v) is 10.1. The van der Waals surface area contributed by atoms with Crippen LogP contribution in [0.15, 0.2) is 24.3 Å². The van der Waals surface area contributed by atoms with Crippen molar-refractivity contribution in [3.8, 4) is 0 Å². The fraction of sp³-hybridized carbons (Fsp3) is 0.417. The van der Waals surface area contributed by atoms with E-state index in [1.165, 1.54) is 0 Å². The van der Waals surface area contributed by atoms with Crippen LogP contribution in [-0.4, -0.2) is 46.8 Å². The van der Waals surface area contributed by atoms with Crippen LogP contribution >= 0.6 is 0 Å². The minimum atomic E-state index is -0.898. The molecule has 0 fully saturated rings. The van der Waals surface area contributed by atoms with Crippen molar-refractivity contribution in [2.45, 2.75) is 12.6 Å². The number of aliphatic hydroxyl groups excluding tert-OH is 2. The second-order valence-electron chi connectivity index (χ2n) is 4.22. The minimum absolute atomic E-state index is 0.0197. The summed E-state index contributed by atoms with van der Waals surface area (Å²) in [7, 11) is 0. The van der Waals surface area contributed by atoms with Gasteiger partial charge in [0.15, 0.2) is 0 Å². The maximum atomic E-state index is 10.9.